The van der Waals surface area contributed by atoms with E-state index >= 15 is 0 Å². The van der Waals surface area contributed by atoms with Crippen LogP contribution in [0.1, 0.15) is 24.2 Å². The molecule has 0 saturated carbocycles. The lowest BCUT2D eigenvalue weighted by Gasteiger charge is -2.16. The molecular formula is C19H19FN8. The molecule has 0 aliphatic carbocycles. The molecule has 142 valence electrons. The topological polar surface area (TPSA) is 125 Å². The van der Waals surface area contributed by atoms with E-state index in [0.29, 0.717) is 29.0 Å². The van der Waals surface area contributed by atoms with Crippen molar-refractivity contribution in [3.8, 4) is 0 Å². The second-order valence-corrected chi connectivity index (χ2v) is 5.88. The number of benzene rings is 1. The van der Waals surface area contributed by atoms with Crippen molar-refractivity contribution in [2.24, 2.45) is 5.73 Å². The van der Waals surface area contributed by atoms with Gasteiger partial charge in [0, 0.05) is 24.7 Å². The highest BCUT2D eigenvalue weighted by Gasteiger charge is 2.11. The molecule has 1 atom stereocenters. The smallest absolute Gasteiger partial charge is 0.225 e. The van der Waals surface area contributed by atoms with Crippen LogP contribution in [0, 0.1) is 11.2 Å². The molecule has 0 radical (unpaired) electrons. The summed E-state index contributed by atoms with van der Waals surface area (Å²) in [5, 5.41) is 13.4. The number of hydrogen-bond acceptors (Lipinski definition) is 8. The maximum Gasteiger partial charge on any atom is 0.225 e. The van der Waals surface area contributed by atoms with E-state index in [9.17, 15) is 4.39 Å². The van der Waals surface area contributed by atoms with Crippen molar-refractivity contribution in [2.75, 3.05) is 10.6 Å². The average molecular weight is 378 g/mol. The first-order valence-corrected chi connectivity index (χ1v) is 8.46. The van der Waals surface area contributed by atoms with Crippen molar-refractivity contribution in [1.82, 2.24) is 19.9 Å². The Labute approximate surface area is 161 Å². The van der Waals surface area contributed by atoms with Gasteiger partial charge in [-0.3, -0.25) is 4.98 Å². The van der Waals surface area contributed by atoms with Crippen molar-refractivity contribution < 1.29 is 4.39 Å². The average Bonchev–Trinajstić information content (AvgIpc) is 2.69. The van der Waals surface area contributed by atoms with Crippen LogP contribution in [0.2, 0.25) is 0 Å². The first kappa shape index (κ1) is 18.9. The monoisotopic (exact) mass is 378 g/mol. The molecule has 0 aliphatic heterocycles. The normalized spacial score (nSPS) is 12.3. The molecule has 3 aromatic rings. The molecule has 5 N–H and O–H groups in total. The lowest BCUT2D eigenvalue weighted by Crippen LogP contribution is -2.12. The van der Waals surface area contributed by atoms with Crippen LogP contribution in [0.25, 0.3) is 5.70 Å². The van der Waals surface area contributed by atoms with Crippen molar-refractivity contribution >= 4 is 29.5 Å². The van der Waals surface area contributed by atoms with E-state index in [2.05, 4.69) is 30.6 Å². The van der Waals surface area contributed by atoms with Crippen LogP contribution in [-0.2, 0) is 0 Å². The Bertz CT molecular complexity index is 973. The van der Waals surface area contributed by atoms with Gasteiger partial charge in [-0.1, -0.05) is 12.1 Å². The van der Waals surface area contributed by atoms with Gasteiger partial charge in [-0.2, -0.15) is 4.98 Å². The molecule has 0 amide bonds. The van der Waals surface area contributed by atoms with Crippen LogP contribution in [0.15, 0.2) is 55.0 Å². The van der Waals surface area contributed by atoms with E-state index in [4.69, 9.17) is 11.1 Å². The molecule has 0 spiro atoms. The third kappa shape index (κ3) is 4.85. The lowest BCUT2D eigenvalue weighted by atomic mass is 10.1. The SMILES string of the molecule is C[C@H](Nc1nc(Nc2cnccn2)cc(C(N)=CC=N)n1)c1ccc(F)cc1. The lowest BCUT2D eigenvalue weighted by molar-refractivity contribution is 0.626. The number of nitrogens with zero attached hydrogens (tertiary/aromatic N) is 4. The molecule has 8 nitrogen and oxygen atoms in total. The molecule has 0 aliphatic rings. The first-order chi connectivity index (χ1) is 13.5. The molecule has 9 heteroatoms. The van der Waals surface area contributed by atoms with E-state index < -0.39 is 0 Å². The van der Waals surface area contributed by atoms with Crippen molar-refractivity contribution in [3.63, 3.8) is 0 Å². The predicted octanol–water partition coefficient (Wildman–Crippen LogP) is 3.27. The number of halogens is 1. The van der Waals surface area contributed by atoms with Crippen molar-refractivity contribution in [3.05, 3.63) is 72.1 Å². The number of aromatic nitrogens is 4. The van der Waals surface area contributed by atoms with E-state index in [-0.39, 0.29) is 11.9 Å². The molecule has 0 fully saturated rings. The predicted molar refractivity (Wildman–Crippen MR) is 107 cm³/mol. The highest BCUT2D eigenvalue weighted by Crippen LogP contribution is 2.21. The Hall–Kier alpha value is -3.88. The molecule has 28 heavy (non-hydrogen) atoms. The van der Waals surface area contributed by atoms with Gasteiger partial charge >= 0.3 is 0 Å². The Kier molecular flexibility index (Phi) is 5.85. The van der Waals surface area contributed by atoms with Crippen LogP contribution in [0.4, 0.5) is 22.0 Å². The summed E-state index contributed by atoms with van der Waals surface area (Å²) in [6, 6.07) is 7.66. The molecule has 0 saturated heterocycles. The van der Waals surface area contributed by atoms with Gasteiger partial charge in [0.05, 0.1) is 23.6 Å². The zero-order valence-electron chi connectivity index (χ0n) is 15.1. The van der Waals surface area contributed by atoms with Gasteiger partial charge in [-0.15, -0.1) is 0 Å². The van der Waals surface area contributed by atoms with Crippen molar-refractivity contribution in [1.29, 1.82) is 5.41 Å². The first-order valence-electron chi connectivity index (χ1n) is 8.46. The maximum atomic E-state index is 13.1. The Balaban J connectivity index is 1.91. The summed E-state index contributed by atoms with van der Waals surface area (Å²) in [7, 11) is 0. The van der Waals surface area contributed by atoms with Gasteiger partial charge in [0.1, 0.15) is 17.5 Å². The maximum absolute atomic E-state index is 13.1. The van der Waals surface area contributed by atoms with Crippen LogP contribution in [0.3, 0.4) is 0 Å². The number of allylic oxidation sites excluding steroid dienone is 1. The third-order valence-corrected chi connectivity index (χ3v) is 3.82. The van der Waals surface area contributed by atoms with E-state index in [1.807, 2.05) is 6.92 Å². The Morgan fingerprint density at radius 3 is 2.64 bits per heavy atom. The van der Waals surface area contributed by atoms with Crippen molar-refractivity contribution in [2.45, 2.75) is 13.0 Å². The van der Waals surface area contributed by atoms with E-state index in [0.717, 1.165) is 11.8 Å². The fourth-order valence-electron chi connectivity index (χ4n) is 2.42. The standard InChI is InChI=1S/C19H19FN8/c1-12(13-2-4-14(20)5-3-13)25-19-26-16(15(22)6-7-21)10-17(28-19)27-18-11-23-8-9-24-18/h2-12,21H,22H2,1H3,(H2,24,25,26,27,28)/t12-/m0/s1. The summed E-state index contributed by atoms with van der Waals surface area (Å²) in [6.45, 7) is 1.91. The number of nitrogens with one attached hydrogen (secondary N) is 3. The summed E-state index contributed by atoms with van der Waals surface area (Å²) in [6.07, 6.45) is 7.21. The molecule has 2 aromatic heterocycles. The second-order valence-electron chi connectivity index (χ2n) is 5.88. The fraction of sp³-hybridized carbons (Fsp3) is 0.105. The quantitative estimate of drug-likeness (QED) is 0.465. The molecule has 2 heterocycles. The van der Waals surface area contributed by atoms with Gasteiger partial charge in [0.15, 0.2) is 0 Å². The summed E-state index contributed by atoms with van der Waals surface area (Å²) >= 11 is 0. The largest absolute Gasteiger partial charge is 0.397 e. The van der Waals surface area contributed by atoms with Gasteiger partial charge < -0.3 is 21.8 Å². The van der Waals surface area contributed by atoms with Gasteiger partial charge in [0.2, 0.25) is 5.95 Å². The Morgan fingerprint density at radius 2 is 1.96 bits per heavy atom. The van der Waals surface area contributed by atoms with Crippen LogP contribution < -0.4 is 16.4 Å². The highest BCUT2D eigenvalue weighted by atomic mass is 19.1. The summed E-state index contributed by atoms with van der Waals surface area (Å²) in [4.78, 5) is 17.0. The Morgan fingerprint density at radius 1 is 1.18 bits per heavy atom. The molecule has 3 rings (SSSR count). The zero-order valence-corrected chi connectivity index (χ0v) is 15.1. The van der Waals surface area contributed by atoms with Crippen LogP contribution in [-0.4, -0.2) is 26.2 Å². The summed E-state index contributed by atoms with van der Waals surface area (Å²) in [5.74, 6) is 0.996. The molecule has 0 unspecified atom stereocenters. The van der Waals surface area contributed by atoms with E-state index in [1.165, 1.54) is 18.2 Å². The number of hydrogen-bond donors (Lipinski definition) is 4. The second kappa shape index (κ2) is 8.67. The van der Waals surface area contributed by atoms with E-state index in [1.54, 1.807) is 36.8 Å². The highest BCUT2D eigenvalue weighted by molar-refractivity contribution is 5.81. The zero-order chi connectivity index (χ0) is 19.9. The minimum absolute atomic E-state index is 0.173. The van der Waals surface area contributed by atoms with Crippen LogP contribution >= 0.6 is 0 Å². The molecule has 1 aromatic carbocycles. The van der Waals surface area contributed by atoms with Gasteiger partial charge in [0.25, 0.3) is 0 Å². The third-order valence-electron chi connectivity index (χ3n) is 3.82. The number of rotatable bonds is 7. The minimum Gasteiger partial charge on any atom is -0.397 e. The van der Waals surface area contributed by atoms with Crippen LogP contribution in [0.5, 0.6) is 0 Å². The number of anilines is 3. The summed E-state index contributed by atoms with van der Waals surface area (Å²) in [5.41, 5.74) is 7.63. The number of nitrogens with two attached hydrogens (primary N) is 1. The molecular weight excluding hydrogens is 359 g/mol. The van der Waals surface area contributed by atoms with Gasteiger partial charge in [-0.25, -0.2) is 14.4 Å². The fourth-order valence-corrected chi connectivity index (χ4v) is 2.42. The molecule has 0 bridgehead atoms. The minimum atomic E-state index is -0.297. The van der Waals surface area contributed by atoms with Gasteiger partial charge in [-0.05, 0) is 30.7 Å². The summed E-state index contributed by atoms with van der Waals surface area (Å²) < 4.78 is 13.1.